The van der Waals surface area contributed by atoms with Crippen molar-refractivity contribution in [3.8, 4) is 0 Å². The van der Waals surface area contributed by atoms with Crippen molar-refractivity contribution in [2.45, 2.75) is 12.5 Å². The molecule has 1 fully saturated rings. The molecule has 1 heterocycles. The Morgan fingerprint density at radius 1 is 1.39 bits per heavy atom. The first-order chi connectivity index (χ1) is 10.8. The Balaban J connectivity index is 1.75. The van der Waals surface area contributed by atoms with E-state index in [9.17, 15) is 18.0 Å². The molecule has 1 aliphatic heterocycles. The molecule has 0 saturated carbocycles. The summed E-state index contributed by atoms with van der Waals surface area (Å²) in [4.78, 5) is 23.1. The van der Waals surface area contributed by atoms with Gasteiger partial charge in [0, 0.05) is 17.1 Å². The fourth-order valence-corrected chi connectivity index (χ4v) is 4.01. The summed E-state index contributed by atoms with van der Waals surface area (Å²) >= 11 is 5.82. The quantitative estimate of drug-likeness (QED) is 0.631. The molecule has 0 aromatic heterocycles. The molecular weight excluding hydrogens is 342 g/mol. The van der Waals surface area contributed by atoms with Crippen LogP contribution in [0, 0.1) is 0 Å². The van der Waals surface area contributed by atoms with Gasteiger partial charge in [0.2, 0.25) is 0 Å². The number of halogens is 1. The number of ether oxygens (including phenoxy) is 1. The van der Waals surface area contributed by atoms with Crippen LogP contribution in [0.25, 0.3) is 6.08 Å². The molecule has 0 bridgehead atoms. The lowest BCUT2D eigenvalue weighted by atomic mass is 10.2. The van der Waals surface area contributed by atoms with Gasteiger partial charge in [-0.25, -0.2) is 13.2 Å². The molecule has 0 radical (unpaired) electrons. The summed E-state index contributed by atoms with van der Waals surface area (Å²) in [6.07, 6.45) is 3.10. The van der Waals surface area contributed by atoms with E-state index in [4.69, 9.17) is 16.3 Å². The summed E-state index contributed by atoms with van der Waals surface area (Å²) in [6.45, 7) is -0.449. The van der Waals surface area contributed by atoms with Crippen LogP contribution in [-0.2, 0) is 24.2 Å². The highest BCUT2D eigenvalue weighted by molar-refractivity contribution is 7.91. The lowest BCUT2D eigenvalue weighted by Crippen LogP contribution is -2.38. The Labute approximate surface area is 139 Å². The normalized spacial score (nSPS) is 19.6. The predicted molar refractivity (Wildman–Crippen MR) is 86.6 cm³/mol. The van der Waals surface area contributed by atoms with E-state index in [-0.39, 0.29) is 11.5 Å². The molecule has 23 heavy (non-hydrogen) atoms. The summed E-state index contributed by atoms with van der Waals surface area (Å²) in [5.41, 5.74) is 0.732. The highest BCUT2D eigenvalue weighted by Gasteiger charge is 2.28. The number of benzene rings is 1. The smallest absolute Gasteiger partial charge is 0.331 e. The lowest BCUT2D eigenvalue weighted by molar-refractivity contribution is -0.143. The maximum Gasteiger partial charge on any atom is 0.331 e. The van der Waals surface area contributed by atoms with E-state index < -0.39 is 34.4 Å². The van der Waals surface area contributed by atoms with Crippen LogP contribution in [-0.4, -0.2) is 44.4 Å². The highest BCUT2D eigenvalue weighted by Crippen LogP contribution is 2.12. The lowest BCUT2D eigenvalue weighted by Gasteiger charge is -2.10. The van der Waals surface area contributed by atoms with Crippen LogP contribution in [0.15, 0.2) is 30.3 Å². The van der Waals surface area contributed by atoms with Gasteiger partial charge in [0.15, 0.2) is 16.4 Å². The largest absolute Gasteiger partial charge is 0.452 e. The summed E-state index contributed by atoms with van der Waals surface area (Å²) in [7, 11) is -3.06. The minimum atomic E-state index is -3.06. The average Bonchev–Trinajstić information content (AvgIpc) is 2.82. The third kappa shape index (κ3) is 6.03. The van der Waals surface area contributed by atoms with Gasteiger partial charge in [0.05, 0.1) is 11.5 Å². The van der Waals surface area contributed by atoms with E-state index in [1.165, 1.54) is 12.2 Å². The zero-order valence-electron chi connectivity index (χ0n) is 12.2. The van der Waals surface area contributed by atoms with E-state index in [1.54, 1.807) is 24.3 Å². The fourth-order valence-electron chi connectivity index (χ4n) is 2.14. The molecule has 1 saturated heterocycles. The van der Waals surface area contributed by atoms with Crippen molar-refractivity contribution in [2.75, 3.05) is 18.1 Å². The highest BCUT2D eigenvalue weighted by atomic mass is 35.5. The first-order valence-electron chi connectivity index (χ1n) is 6.94. The molecule has 1 atom stereocenters. The first kappa shape index (κ1) is 17.5. The third-order valence-corrected chi connectivity index (χ3v) is 5.21. The van der Waals surface area contributed by atoms with Gasteiger partial charge in [-0.1, -0.05) is 23.7 Å². The van der Waals surface area contributed by atoms with Gasteiger partial charge in [-0.05, 0) is 30.2 Å². The molecule has 0 spiro atoms. The van der Waals surface area contributed by atoms with Gasteiger partial charge < -0.3 is 10.1 Å². The standard InChI is InChI=1S/C15H16ClNO5S/c16-12-3-1-2-11(8-12)4-5-15(19)22-9-14(18)17-13-6-7-23(20,21)10-13/h1-5,8,13H,6-7,9-10H2,(H,17,18)/b5-4+/t13-/m0/s1. The second-order valence-electron chi connectivity index (χ2n) is 5.16. The van der Waals surface area contributed by atoms with Crippen LogP contribution in [0.3, 0.4) is 0 Å². The second-order valence-corrected chi connectivity index (χ2v) is 7.83. The molecule has 2 rings (SSSR count). The summed E-state index contributed by atoms with van der Waals surface area (Å²) in [6, 6.07) is 6.50. The fraction of sp³-hybridized carbons (Fsp3) is 0.333. The molecule has 8 heteroatoms. The van der Waals surface area contributed by atoms with Crippen molar-refractivity contribution < 1.29 is 22.7 Å². The molecule has 1 aliphatic rings. The maximum absolute atomic E-state index is 11.6. The van der Waals surface area contributed by atoms with Crippen LogP contribution in [0.5, 0.6) is 0 Å². The Kier molecular flexibility index (Phi) is 5.79. The molecular formula is C15H16ClNO5S. The van der Waals surface area contributed by atoms with Crippen LogP contribution in [0.1, 0.15) is 12.0 Å². The van der Waals surface area contributed by atoms with Crippen LogP contribution >= 0.6 is 11.6 Å². The topological polar surface area (TPSA) is 89.5 Å². The number of amides is 1. The zero-order chi connectivity index (χ0) is 16.9. The van der Waals surface area contributed by atoms with Gasteiger partial charge in [0.1, 0.15) is 0 Å². The summed E-state index contributed by atoms with van der Waals surface area (Å²) < 4.78 is 27.4. The van der Waals surface area contributed by atoms with E-state index in [1.807, 2.05) is 0 Å². The predicted octanol–water partition coefficient (Wildman–Crippen LogP) is 1.20. The number of carbonyl (C=O) groups excluding carboxylic acids is 2. The van der Waals surface area contributed by atoms with E-state index in [2.05, 4.69) is 5.32 Å². The SMILES string of the molecule is O=C(COC(=O)/C=C/c1cccc(Cl)c1)N[C@H]1CCS(=O)(=O)C1. The number of carbonyl (C=O) groups is 2. The van der Waals surface area contributed by atoms with Crippen molar-refractivity contribution in [1.82, 2.24) is 5.32 Å². The molecule has 1 amide bonds. The minimum absolute atomic E-state index is 0.0681. The van der Waals surface area contributed by atoms with Crippen LogP contribution < -0.4 is 5.32 Å². The molecule has 1 aromatic rings. The maximum atomic E-state index is 11.6. The number of esters is 1. The Bertz CT molecular complexity index is 729. The van der Waals surface area contributed by atoms with Gasteiger partial charge >= 0.3 is 5.97 Å². The minimum Gasteiger partial charge on any atom is -0.452 e. The third-order valence-electron chi connectivity index (χ3n) is 3.20. The Morgan fingerprint density at radius 2 is 2.17 bits per heavy atom. The van der Waals surface area contributed by atoms with E-state index in [0.717, 1.165) is 5.56 Å². The Morgan fingerprint density at radius 3 is 2.83 bits per heavy atom. The molecule has 1 N–H and O–H groups in total. The van der Waals surface area contributed by atoms with Crippen LogP contribution in [0.4, 0.5) is 0 Å². The van der Waals surface area contributed by atoms with E-state index in [0.29, 0.717) is 11.4 Å². The van der Waals surface area contributed by atoms with Gasteiger partial charge in [-0.3, -0.25) is 4.79 Å². The number of hydrogen-bond acceptors (Lipinski definition) is 5. The number of nitrogens with one attached hydrogen (secondary N) is 1. The molecule has 124 valence electrons. The molecule has 0 unspecified atom stereocenters. The van der Waals surface area contributed by atoms with Gasteiger partial charge in [0.25, 0.3) is 5.91 Å². The second kappa shape index (κ2) is 7.61. The zero-order valence-corrected chi connectivity index (χ0v) is 13.8. The van der Waals surface area contributed by atoms with Gasteiger partial charge in [-0.15, -0.1) is 0 Å². The summed E-state index contributed by atoms with van der Waals surface area (Å²) in [5, 5.41) is 3.08. The molecule has 6 nitrogen and oxygen atoms in total. The molecule has 0 aliphatic carbocycles. The molecule has 1 aromatic carbocycles. The number of rotatable bonds is 5. The van der Waals surface area contributed by atoms with Crippen molar-refractivity contribution in [1.29, 1.82) is 0 Å². The van der Waals surface area contributed by atoms with Crippen molar-refractivity contribution in [3.63, 3.8) is 0 Å². The average molecular weight is 358 g/mol. The summed E-state index contributed by atoms with van der Waals surface area (Å²) in [5.74, 6) is -1.18. The van der Waals surface area contributed by atoms with Crippen molar-refractivity contribution in [3.05, 3.63) is 40.9 Å². The van der Waals surface area contributed by atoms with E-state index >= 15 is 0 Å². The monoisotopic (exact) mass is 357 g/mol. The first-order valence-corrected chi connectivity index (χ1v) is 9.14. The Hall–Kier alpha value is -1.86. The van der Waals surface area contributed by atoms with Crippen molar-refractivity contribution in [2.24, 2.45) is 0 Å². The van der Waals surface area contributed by atoms with Gasteiger partial charge in [-0.2, -0.15) is 0 Å². The van der Waals surface area contributed by atoms with Crippen molar-refractivity contribution >= 4 is 39.4 Å². The number of hydrogen-bond donors (Lipinski definition) is 1. The van der Waals surface area contributed by atoms with Crippen LogP contribution in [0.2, 0.25) is 5.02 Å². The number of sulfone groups is 1.